The molecule has 1 amide bonds. The van der Waals surface area contributed by atoms with Gasteiger partial charge in [-0.05, 0) is 30.3 Å². The molecule has 1 aromatic carbocycles. The lowest BCUT2D eigenvalue weighted by molar-refractivity contribution is -0.114. The molecule has 1 heterocycles. The summed E-state index contributed by atoms with van der Waals surface area (Å²) in [6, 6.07) is 9.92. The van der Waals surface area contributed by atoms with Gasteiger partial charge in [-0.3, -0.25) is 9.78 Å². The molecule has 4 nitrogen and oxygen atoms in total. The summed E-state index contributed by atoms with van der Waals surface area (Å²) in [4.78, 5) is 15.1. The van der Waals surface area contributed by atoms with Gasteiger partial charge in [-0.25, -0.2) is 4.39 Å². The number of carbonyl (C=O) groups is 1. The minimum atomic E-state index is -0.370. The van der Waals surface area contributed by atoms with E-state index in [9.17, 15) is 9.18 Å². The van der Waals surface area contributed by atoms with Crippen LogP contribution in [0.4, 0.5) is 15.8 Å². The molecule has 0 bridgehead atoms. The molecule has 0 saturated carbocycles. The highest BCUT2D eigenvalue weighted by atomic mass is 19.1. The van der Waals surface area contributed by atoms with Crippen molar-refractivity contribution in [2.45, 2.75) is 13.5 Å². The van der Waals surface area contributed by atoms with E-state index in [1.54, 1.807) is 12.3 Å². The van der Waals surface area contributed by atoms with Crippen molar-refractivity contribution in [2.24, 2.45) is 0 Å². The molecular formula is C14H14FN3O. The molecule has 0 unspecified atom stereocenters. The van der Waals surface area contributed by atoms with Gasteiger partial charge in [0.25, 0.3) is 0 Å². The summed E-state index contributed by atoms with van der Waals surface area (Å²) in [6.07, 6.45) is 1.68. The summed E-state index contributed by atoms with van der Waals surface area (Å²) in [5, 5.41) is 5.56. The Kier molecular flexibility index (Phi) is 4.07. The molecule has 2 N–H and O–H groups in total. The van der Waals surface area contributed by atoms with E-state index in [-0.39, 0.29) is 11.7 Å². The lowest BCUT2D eigenvalue weighted by Crippen LogP contribution is -2.07. The number of hydrogen-bond acceptors (Lipinski definition) is 3. The van der Waals surface area contributed by atoms with E-state index in [1.165, 1.54) is 19.1 Å². The first-order valence-corrected chi connectivity index (χ1v) is 5.86. The molecule has 2 rings (SSSR count). The van der Waals surface area contributed by atoms with Crippen LogP contribution in [0.25, 0.3) is 0 Å². The number of benzene rings is 1. The van der Waals surface area contributed by atoms with Crippen molar-refractivity contribution in [3.63, 3.8) is 0 Å². The van der Waals surface area contributed by atoms with Crippen LogP contribution in [0.2, 0.25) is 0 Å². The Morgan fingerprint density at radius 2 is 2.16 bits per heavy atom. The van der Waals surface area contributed by atoms with Gasteiger partial charge in [0.15, 0.2) is 0 Å². The van der Waals surface area contributed by atoms with Crippen LogP contribution in [0.3, 0.4) is 0 Å². The van der Waals surface area contributed by atoms with E-state index in [1.807, 2.05) is 18.2 Å². The zero-order valence-corrected chi connectivity index (χ0v) is 10.5. The van der Waals surface area contributed by atoms with Gasteiger partial charge >= 0.3 is 0 Å². The number of anilines is 2. The number of pyridine rings is 1. The summed E-state index contributed by atoms with van der Waals surface area (Å²) in [5.74, 6) is -0.563. The summed E-state index contributed by atoms with van der Waals surface area (Å²) >= 11 is 0. The highest BCUT2D eigenvalue weighted by Crippen LogP contribution is 2.20. The van der Waals surface area contributed by atoms with Gasteiger partial charge < -0.3 is 10.6 Å². The van der Waals surface area contributed by atoms with Crippen LogP contribution in [0.15, 0.2) is 42.6 Å². The number of hydrogen-bond donors (Lipinski definition) is 2. The second-order valence-corrected chi connectivity index (χ2v) is 4.05. The van der Waals surface area contributed by atoms with Gasteiger partial charge in [0.05, 0.1) is 17.9 Å². The largest absolute Gasteiger partial charge is 0.377 e. The van der Waals surface area contributed by atoms with Crippen LogP contribution in [0.5, 0.6) is 0 Å². The van der Waals surface area contributed by atoms with Gasteiger partial charge in [0.2, 0.25) is 5.91 Å². The van der Waals surface area contributed by atoms with Crippen molar-refractivity contribution >= 4 is 17.3 Å². The molecule has 0 fully saturated rings. The minimum Gasteiger partial charge on any atom is -0.377 e. The number of halogens is 1. The molecule has 0 radical (unpaired) electrons. The van der Waals surface area contributed by atoms with Crippen LogP contribution in [-0.2, 0) is 11.3 Å². The lowest BCUT2D eigenvalue weighted by atomic mass is 10.2. The van der Waals surface area contributed by atoms with E-state index in [4.69, 9.17) is 0 Å². The summed E-state index contributed by atoms with van der Waals surface area (Å²) in [6.45, 7) is 1.83. The molecule has 5 heteroatoms. The third-order valence-corrected chi connectivity index (χ3v) is 2.47. The Hall–Kier alpha value is -2.43. The van der Waals surface area contributed by atoms with E-state index >= 15 is 0 Å². The number of amides is 1. The van der Waals surface area contributed by atoms with Gasteiger partial charge in [-0.15, -0.1) is 0 Å². The molecule has 0 spiro atoms. The molecule has 1 aromatic heterocycles. The highest BCUT2D eigenvalue weighted by Gasteiger charge is 2.04. The average Bonchev–Trinajstić information content (AvgIpc) is 2.40. The van der Waals surface area contributed by atoms with E-state index in [0.717, 1.165) is 5.69 Å². The van der Waals surface area contributed by atoms with E-state index in [0.29, 0.717) is 17.9 Å². The normalized spacial score (nSPS) is 10.0. The lowest BCUT2D eigenvalue weighted by Gasteiger charge is -2.09. The number of aromatic nitrogens is 1. The van der Waals surface area contributed by atoms with Gasteiger partial charge in [-0.1, -0.05) is 6.07 Å². The van der Waals surface area contributed by atoms with Gasteiger partial charge in [-0.2, -0.15) is 0 Å². The first-order chi connectivity index (χ1) is 9.15. The molecular weight excluding hydrogens is 245 g/mol. The van der Waals surface area contributed by atoms with Gasteiger partial charge in [0.1, 0.15) is 5.82 Å². The van der Waals surface area contributed by atoms with E-state index in [2.05, 4.69) is 15.6 Å². The average molecular weight is 259 g/mol. The predicted molar refractivity (Wildman–Crippen MR) is 72.3 cm³/mol. The standard InChI is InChI=1S/C14H14FN3O/c1-10(19)18-11-5-6-13(15)14(8-11)17-9-12-4-2-3-7-16-12/h2-8,17H,9H2,1H3,(H,18,19). The monoisotopic (exact) mass is 259 g/mol. The van der Waals surface area contributed by atoms with Crippen LogP contribution in [-0.4, -0.2) is 10.9 Å². The zero-order chi connectivity index (χ0) is 13.7. The minimum absolute atomic E-state index is 0.192. The third kappa shape index (κ3) is 3.77. The van der Waals surface area contributed by atoms with Crippen molar-refractivity contribution in [1.29, 1.82) is 0 Å². The molecule has 0 aliphatic carbocycles. The Labute approximate surface area is 110 Å². The molecule has 0 aliphatic rings. The number of nitrogens with one attached hydrogen (secondary N) is 2. The third-order valence-electron chi connectivity index (χ3n) is 2.47. The maximum atomic E-state index is 13.6. The van der Waals surface area contributed by atoms with E-state index < -0.39 is 0 Å². The first kappa shape index (κ1) is 13.0. The SMILES string of the molecule is CC(=O)Nc1ccc(F)c(NCc2ccccn2)c1. The Morgan fingerprint density at radius 1 is 1.32 bits per heavy atom. The molecule has 0 aliphatic heterocycles. The maximum Gasteiger partial charge on any atom is 0.221 e. The Morgan fingerprint density at radius 3 is 2.84 bits per heavy atom. The fraction of sp³-hybridized carbons (Fsp3) is 0.143. The molecule has 98 valence electrons. The first-order valence-electron chi connectivity index (χ1n) is 5.86. The molecule has 2 aromatic rings. The molecule has 19 heavy (non-hydrogen) atoms. The van der Waals surface area contributed by atoms with Crippen LogP contribution in [0, 0.1) is 5.82 Å². The second kappa shape index (κ2) is 5.95. The van der Waals surface area contributed by atoms with Crippen LogP contribution >= 0.6 is 0 Å². The summed E-state index contributed by atoms with van der Waals surface area (Å²) in [5.41, 5.74) is 1.70. The zero-order valence-electron chi connectivity index (χ0n) is 10.5. The van der Waals surface area contributed by atoms with Crippen LogP contribution in [0.1, 0.15) is 12.6 Å². The smallest absolute Gasteiger partial charge is 0.221 e. The van der Waals surface area contributed by atoms with Crippen molar-refractivity contribution < 1.29 is 9.18 Å². The van der Waals surface area contributed by atoms with Crippen LogP contribution < -0.4 is 10.6 Å². The number of nitrogens with zero attached hydrogens (tertiary/aromatic N) is 1. The molecule has 0 saturated heterocycles. The fourth-order valence-electron chi connectivity index (χ4n) is 1.63. The van der Waals surface area contributed by atoms with Crippen molar-refractivity contribution in [3.05, 3.63) is 54.1 Å². The number of carbonyl (C=O) groups excluding carboxylic acids is 1. The summed E-state index contributed by atoms with van der Waals surface area (Å²) < 4.78 is 13.6. The van der Waals surface area contributed by atoms with Crippen molar-refractivity contribution in [1.82, 2.24) is 4.98 Å². The predicted octanol–water partition coefficient (Wildman–Crippen LogP) is 2.79. The van der Waals surface area contributed by atoms with Gasteiger partial charge in [0, 0.05) is 18.8 Å². The second-order valence-electron chi connectivity index (χ2n) is 4.05. The van der Waals surface area contributed by atoms with Crippen molar-refractivity contribution in [2.75, 3.05) is 10.6 Å². The van der Waals surface area contributed by atoms with Crippen molar-refractivity contribution in [3.8, 4) is 0 Å². The maximum absolute atomic E-state index is 13.6. The Bertz CT molecular complexity index is 572. The Balaban J connectivity index is 2.08. The number of rotatable bonds is 4. The molecule has 0 atom stereocenters. The fourth-order valence-corrected chi connectivity index (χ4v) is 1.63. The highest BCUT2D eigenvalue weighted by molar-refractivity contribution is 5.89. The quantitative estimate of drug-likeness (QED) is 0.887. The topological polar surface area (TPSA) is 54.0 Å². The summed E-state index contributed by atoms with van der Waals surface area (Å²) in [7, 11) is 0.